The van der Waals surface area contributed by atoms with Crippen LogP contribution in [0, 0.1) is 10.1 Å². The molecule has 0 radical (unpaired) electrons. The van der Waals surface area contributed by atoms with Gasteiger partial charge in [0.25, 0.3) is 11.6 Å². The van der Waals surface area contributed by atoms with Crippen LogP contribution in [0.1, 0.15) is 10.4 Å². The number of benzene rings is 1. The Labute approximate surface area is 117 Å². The van der Waals surface area contributed by atoms with Crippen LogP contribution in [0.25, 0.3) is 0 Å². The maximum absolute atomic E-state index is 11.7. The van der Waals surface area contributed by atoms with Crippen molar-refractivity contribution in [1.82, 2.24) is 5.32 Å². The molecule has 0 unspecified atom stereocenters. The van der Waals surface area contributed by atoms with Crippen LogP contribution in [-0.4, -0.2) is 45.9 Å². The Morgan fingerprint density at radius 1 is 1.50 bits per heavy atom. The van der Waals surface area contributed by atoms with Gasteiger partial charge < -0.3 is 15.5 Å². The number of amides is 1. The van der Waals surface area contributed by atoms with Gasteiger partial charge in [-0.2, -0.15) is 0 Å². The number of hydrogen-bond acceptors (Lipinski definition) is 6. The molecule has 108 valence electrons. The summed E-state index contributed by atoms with van der Waals surface area (Å²) < 4.78 is 0. The van der Waals surface area contributed by atoms with Crippen LogP contribution in [0.3, 0.4) is 0 Å². The summed E-state index contributed by atoms with van der Waals surface area (Å²) in [6.07, 6.45) is -0.0509. The fourth-order valence-electron chi connectivity index (χ4n) is 1.35. The van der Waals surface area contributed by atoms with Crippen LogP contribution in [0.15, 0.2) is 23.1 Å². The molecule has 0 fully saturated rings. The van der Waals surface area contributed by atoms with E-state index < -0.39 is 29.4 Å². The molecule has 0 aliphatic rings. The summed E-state index contributed by atoms with van der Waals surface area (Å²) in [5.41, 5.74) is -0.184. The van der Waals surface area contributed by atoms with Gasteiger partial charge >= 0.3 is 5.97 Å². The summed E-state index contributed by atoms with van der Waals surface area (Å²) in [4.78, 5) is 32.7. The van der Waals surface area contributed by atoms with Crippen molar-refractivity contribution in [2.45, 2.75) is 11.0 Å². The molecule has 0 bridgehead atoms. The number of carboxylic acids is 1. The number of nitrogens with one attached hydrogen (secondary N) is 1. The first-order valence-corrected chi connectivity index (χ1v) is 6.60. The lowest BCUT2D eigenvalue weighted by Gasteiger charge is -2.08. The smallest absolute Gasteiger partial charge is 0.334 e. The maximum Gasteiger partial charge on any atom is 0.334 e. The van der Waals surface area contributed by atoms with E-state index >= 15 is 0 Å². The quantitative estimate of drug-likeness (QED) is 0.396. The molecule has 1 amide bonds. The van der Waals surface area contributed by atoms with Gasteiger partial charge in [-0.3, -0.25) is 14.9 Å². The van der Waals surface area contributed by atoms with Gasteiger partial charge in [0.05, 0.1) is 16.4 Å². The number of nitro benzene ring substituents is 1. The minimum atomic E-state index is -1.72. The van der Waals surface area contributed by atoms with Gasteiger partial charge in [-0.1, -0.05) is 0 Å². The zero-order valence-corrected chi connectivity index (χ0v) is 11.2. The van der Waals surface area contributed by atoms with Crippen LogP contribution in [0.5, 0.6) is 0 Å². The molecule has 1 aromatic carbocycles. The van der Waals surface area contributed by atoms with E-state index in [1.54, 1.807) is 6.26 Å². The zero-order chi connectivity index (χ0) is 15.3. The fourth-order valence-corrected chi connectivity index (χ4v) is 1.90. The normalized spacial score (nSPS) is 11.7. The van der Waals surface area contributed by atoms with E-state index in [4.69, 9.17) is 10.2 Å². The Bertz CT molecular complexity index is 548. The maximum atomic E-state index is 11.7. The van der Waals surface area contributed by atoms with Crippen molar-refractivity contribution in [3.05, 3.63) is 33.9 Å². The number of carboxylic acid groups (broad SMARTS) is 1. The van der Waals surface area contributed by atoms with E-state index in [2.05, 4.69) is 5.32 Å². The molecular weight excluding hydrogens is 288 g/mol. The highest BCUT2D eigenvalue weighted by atomic mass is 32.2. The number of aliphatic hydroxyl groups is 1. The molecule has 0 saturated carbocycles. The third-order valence-electron chi connectivity index (χ3n) is 2.38. The molecule has 0 heterocycles. The molecule has 9 heteroatoms. The number of hydrogen-bond donors (Lipinski definition) is 3. The standard InChI is InChI=1S/C11H12N2O6S/c1-20-9-3-2-6(4-7(9)13(18)19)10(15)12-5-8(14)11(16)17/h2-4,8,14H,5H2,1H3,(H,12,15)(H,16,17)/t8-/m0/s1. The van der Waals surface area contributed by atoms with Crippen LogP contribution >= 0.6 is 11.8 Å². The van der Waals surface area contributed by atoms with Crippen molar-refractivity contribution >= 4 is 29.3 Å². The molecule has 0 aliphatic heterocycles. The second-order valence-electron chi connectivity index (χ2n) is 3.71. The number of thioether (sulfide) groups is 1. The van der Waals surface area contributed by atoms with Gasteiger partial charge in [0.15, 0.2) is 6.10 Å². The predicted octanol–water partition coefficient (Wildman–Crippen LogP) is 0.492. The molecule has 1 aromatic rings. The molecule has 1 rings (SSSR count). The lowest BCUT2D eigenvalue weighted by Crippen LogP contribution is -2.36. The highest BCUT2D eigenvalue weighted by Crippen LogP contribution is 2.28. The summed E-state index contributed by atoms with van der Waals surface area (Å²) in [6, 6.07) is 3.93. The molecule has 0 saturated heterocycles. The number of aliphatic hydroxyl groups excluding tert-OH is 1. The molecule has 3 N–H and O–H groups in total. The minimum absolute atomic E-state index is 0.0205. The highest BCUT2D eigenvalue weighted by Gasteiger charge is 2.19. The SMILES string of the molecule is CSc1ccc(C(=O)NC[C@H](O)C(=O)O)cc1[N+](=O)[O-]. The van der Waals surface area contributed by atoms with Gasteiger partial charge in [0.1, 0.15) is 0 Å². The number of carbonyl (C=O) groups is 2. The summed E-state index contributed by atoms with van der Waals surface area (Å²) in [5, 5.41) is 30.5. The molecule has 8 nitrogen and oxygen atoms in total. The van der Waals surface area contributed by atoms with Gasteiger partial charge in [0.2, 0.25) is 0 Å². The number of aliphatic carboxylic acids is 1. The third kappa shape index (κ3) is 3.93. The highest BCUT2D eigenvalue weighted by molar-refractivity contribution is 7.98. The number of nitro groups is 1. The first-order valence-electron chi connectivity index (χ1n) is 5.38. The van der Waals surface area contributed by atoms with Crippen molar-refractivity contribution < 1.29 is 24.7 Å². The molecule has 20 heavy (non-hydrogen) atoms. The molecule has 0 aromatic heterocycles. The average Bonchev–Trinajstić information content (AvgIpc) is 2.43. The largest absolute Gasteiger partial charge is 0.479 e. The van der Waals surface area contributed by atoms with E-state index in [1.807, 2.05) is 0 Å². The van der Waals surface area contributed by atoms with Crippen molar-refractivity contribution in [2.24, 2.45) is 0 Å². The minimum Gasteiger partial charge on any atom is -0.479 e. The second-order valence-corrected chi connectivity index (χ2v) is 4.56. The molecule has 0 spiro atoms. The molecular formula is C11H12N2O6S. The van der Waals surface area contributed by atoms with E-state index in [1.165, 1.54) is 23.9 Å². The average molecular weight is 300 g/mol. The van der Waals surface area contributed by atoms with Gasteiger partial charge in [-0.25, -0.2) is 4.79 Å². The lowest BCUT2D eigenvalue weighted by atomic mass is 10.2. The van der Waals surface area contributed by atoms with E-state index in [0.717, 1.165) is 6.07 Å². The Morgan fingerprint density at radius 2 is 2.15 bits per heavy atom. The Kier molecular flexibility index (Phi) is 5.47. The van der Waals surface area contributed by atoms with E-state index in [-0.39, 0.29) is 11.3 Å². The monoisotopic (exact) mass is 300 g/mol. The summed E-state index contributed by atoms with van der Waals surface area (Å²) in [6.45, 7) is -0.480. The Hall–Kier alpha value is -2.13. The second kappa shape index (κ2) is 6.87. The molecule has 1 atom stereocenters. The van der Waals surface area contributed by atoms with Crippen LogP contribution < -0.4 is 5.32 Å². The van der Waals surface area contributed by atoms with Gasteiger partial charge in [0, 0.05) is 11.6 Å². The van der Waals surface area contributed by atoms with Crippen LogP contribution in [-0.2, 0) is 4.79 Å². The molecule has 0 aliphatic carbocycles. The van der Waals surface area contributed by atoms with Gasteiger partial charge in [-0.05, 0) is 18.4 Å². The lowest BCUT2D eigenvalue weighted by molar-refractivity contribution is -0.387. The van der Waals surface area contributed by atoms with Crippen molar-refractivity contribution in [1.29, 1.82) is 0 Å². The van der Waals surface area contributed by atoms with E-state index in [9.17, 15) is 19.7 Å². The number of carbonyl (C=O) groups excluding carboxylic acids is 1. The van der Waals surface area contributed by atoms with Crippen LogP contribution in [0.2, 0.25) is 0 Å². The van der Waals surface area contributed by atoms with Crippen molar-refractivity contribution in [3.63, 3.8) is 0 Å². The van der Waals surface area contributed by atoms with Crippen molar-refractivity contribution in [3.8, 4) is 0 Å². The summed E-state index contributed by atoms with van der Waals surface area (Å²) in [5.74, 6) is -2.16. The van der Waals surface area contributed by atoms with Crippen LogP contribution in [0.4, 0.5) is 5.69 Å². The summed E-state index contributed by atoms with van der Waals surface area (Å²) in [7, 11) is 0. The summed E-state index contributed by atoms with van der Waals surface area (Å²) >= 11 is 1.18. The van der Waals surface area contributed by atoms with E-state index in [0.29, 0.717) is 4.90 Å². The number of rotatable bonds is 6. The first-order chi connectivity index (χ1) is 9.36. The van der Waals surface area contributed by atoms with Crippen molar-refractivity contribution in [2.75, 3.05) is 12.8 Å². The third-order valence-corrected chi connectivity index (χ3v) is 3.16. The topological polar surface area (TPSA) is 130 Å². The van der Waals surface area contributed by atoms with Gasteiger partial charge in [-0.15, -0.1) is 11.8 Å². The Balaban J connectivity index is 2.86. The first kappa shape index (κ1) is 15.9. The predicted molar refractivity (Wildman–Crippen MR) is 70.9 cm³/mol. The Morgan fingerprint density at radius 3 is 2.65 bits per heavy atom. The zero-order valence-electron chi connectivity index (χ0n) is 10.4. The fraction of sp³-hybridized carbons (Fsp3) is 0.273. The number of nitrogens with zero attached hydrogens (tertiary/aromatic N) is 1.